The van der Waals surface area contributed by atoms with Crippen molar-refractivity contribution in [2.45, 2.75) is 40.5 Å². The van der Waals surface area contributed by atoms with Crippen LogP contribution in [0, 0.1) is 12.3 Å². The van der Waals surface area contributed by atoms with Crippen molar-refractivity contribution in [2.24, 2.45) is 5.41 Å². The van der Waals surface area contributed by atoms with Gasteiger partial charge >= 0.3 is 6.03 Å². The second-order valence-corrected chi connectivity index (χ2v) is 6.17. The molecule has 0 saturated carbocycles. The maximum atomic E-state index is 11.6. The largest absolute Gasteiger partial charge is 0.338 e. The molecular formula is C16H26N2O. The molecule has 0 bridgehead atoms. The van der Waals surface area contributed by atoms with Crippen molar-refractivity contribution in [3.63, 3.8) is 0 Å². The quantitative estimate of drug-likeness (QED) is 0.840. The molecule has 2 N–H and O–H groups in total. The van der Waals surface area contributed by atoms with E-state index in [4.69, 9.17) is 0 Å². The number of nitrogens with one attached hydrogen (secondary N) is 2. The molecule has 0 aliphatic rings. The van der Waals surface area contributed by atoms with Crippen molar-refractivity contribution in [3.8, 4) is 0 Å². The molecule has 1 aromatic carbocycles. The number of amides is 2. The third-order valence-corrected chi connectivity index (χ3v) is 3.10. The number of rotatable bonds is 5. The van der Waals surface area contributed by atoms with Gasteiger partial charge in [0, 0.05) is 13.1 Å². The SMILES string of the molecule is Cc1ccccc1CCNC(=O)NCCC(C)(C)C. The van der Waals surface area contributed by atoms with Gasteiger partial charge in [-0.05, 0) is 36.3 Å². The van der Waals surface area contributed by atoms with Gasteiger partial charge in [0.15, 0.2) is 0 Å². The number of aryl methyl sites for hydroxylation is 1. The summed E-state index contributed by atoms with van der Waals surface area (Å²) in [5, 5.41) is 5.78. The summed E-state index contributed by atoms with van der Waals surface area (Å²) in [5.41, 5.74) is 2.82. The van der Waals surface area contributed by atoms with Crippen LogP contribution in [0.3, 0.4) is 0 Å². The minimum atomic E-state index is -0.0714. The summed E-state index contributed by atoms with van der Waals surface area (Å²) in [6.45, 7) is 10.0. The molecule has 0 spiro atoms. The molecule has 3 heteroatoms. The lowest BCUT2D eigenvalue weighted by Gasteiger charge is -2.18. The fourth-order valence-corrected chi connectivity index (χ4v) is 1.81. The lowest BCUT2D eigenvalue weighted by Crippen LogP contribution is -2.38. The Kier molecular flexibility index (Phi) is 5.87. The predicted molar refractivity (Wildman–Crippen MR) is 80.4 cm³/mol. The van der Waals surface area contributed by atoms with Gasteiger partial charge in [-0.2, -0.15) is 0 Å². The van der Waals surface area contributed by atoms with E-state index >= 15 is 0 Å². The minimum absolute atomic E-state index is 0.0714. The summed E-state index contributed by atoms with van der Waals surface area (Å²) in [7, 11) is 0. The normalized spacial score (nSPS) is 11.2. The molecule has 1 aromatic rings. The zero-order chi connectivity index (χ0) is 14.3. The van der Waals surface area contributed by atoms with Crippen LogP contribution in [0.4, 0.5) is 4.79 Å². The van der Waals surface area contributed by atoms with Gasteiger partial charge in [0.05, 0.1) is 0 Å². The van der Waals surface area contributed by atoms with E-state index in [2.05, 4.69) is 50.5 Å². The maximum absolute atomic E-state index is 11.6. The molecule has 0 unspecified atom stereocenters. The summed E-state index contributed by atoms with van der Waals surface area (Å²) < 4.78 is 0. The van der Waals surface area contributed by atoms with Crippen LogP contribution in [0.5, 0.6) is 0 Å². The van der Waals surface area contributed by atoms with Crippen LogP contribution in [-0.4, -0.2) is 19.1 Å². The summed E-state index contributed by atoms with van der Waals surface area (Å²) in [5.74, 6) is 0. The summed E-state index contributed by atoms with van der Waals surface area (Å²) in [4.78, 5) is 11.6. The summed E-state index contributed by atoms with van der Waals surface area (Å²) in [6, 6.07) is 8.20. The van der Waals surface area contributed by atoms with E-state index in [1.165, 1.54) is 11.1 Å². The first-order valence-corrected chi connectivity index (χ1v) is 6.95. The van der Waals surface area contributed by atoms with E-state index in [-0.39, 0.29) is 11.4 Å². The van der Waals surface area contributed by atoms with E-state index in [0.29, 0.717) is 6.54 Å². The van der Waals surface area contributed by atoms with Crippen LogP contribution in [0.1, 0.15) is 38.3 Å². The number of carbonyl (C=O) groups is 1. The van der Waals surface area contributed by atoms with Crippen LogP contribution in [0.15, 0.2) is 24.3 Å². The first kappa shape index (κ1) is 15.5. The lowest BCUT2D eigenvalue weighted by molar-refractivity contribution is 0.239. The van der Waals surface area contributed by atoms with Gasteiger partial charge in [-0.3, -0.25) is 0 Å². The first-order valence-electron chi connectivity index (χ1n) is 6.95. The molecular weight excluding hydrogens is 236 g/mol. The molecule has 19 heavy (non-hydrogen) atoms. The molecule has 0 fully saturated rings. The molecule has 0 heterocycles. The third-order valence-electron chi connectivity index (χ3n) is 3.10. The Bertz CT molecular complexity index is 407. The third kappa shape index (κ3) is 6.85. The highest BCUT2D eigenvalue weighted by atomic mass is 16.2. The standard InChI is InChI=1S/C16H26N2O/c1-13-7-5-6-8-14(13)9-11-17-15(19)18-12-10-16(2,3)4/h5-8H,9-12H2,1-4H3,(H2,17,18,19). The van der Waals surface area contributed by atoms with Gasteiger partial charge in [0.1, 0.15) is 0 Å². The Morgan fingerprint density at radius 3 is 2.37 bits per heavy atom. The monoisotopic (exact) mass is 262 g/mol. The molecule has 106 valence electrons. The first-order chi connectivity index (χ1) is 8.88. The number of hydrogen-bond donors (Lipinski definition) is 2. The van der Waals surface area contributed by atoms with Crippen LogP contribution < -0.4 is 10.6 Å². The van der Waals surface area contributed by atoms with Gasteiger partial charge in [0.2, 0.25) is 0 Å². The van der Waals surface area contributed by atoms with Crippen molar-refractivity contribution in [3.05, 3.63) is 35.4 Å². The maximum Gasteiger partial charge on any atom is 0.314 e. The van der Waals surface area contributed by atoms with Crippen LogP contribution in [0.25, 0.3) is 0 Å². The lowest BCUT2D eigenvalue weighted by atomic mass is 9.92. The fraction of sp³-hybridized carbons (Fsp3) is 0.562. The smallest absolute Gasteiger partial charge is 0.314 e. The van der Waals surface area contributed by atoms with Crippen LogP contribution in [0.2, 0.25) is 0 Å². The van der Waals surface area contributed by atoms with Crippen molar-refractivity contribution in [1.82, 2.24) is 10.6 Å². The van der Waals surface area contributed by atoms with Crippen LogP contribution in [-0.2, 0) is 6.42 Å². The molecule has 0 aliphatic heterocycles. The topological polar surface area (TPSA) is 41.1 Å². The summed E-state index contributed by atoms with van der Waals surface area (Å²) in [6.07, 6.45) is 1.86. The zero-order valence-electron chi connectivity index (χ0n) is 12.5. The molecule has 3 nitrogen and oxygen atoms in total. The van der Waals surface area contributed by atoms with Crippen LogP contribution >= 0.6 is 0 Å². The molecule has 1 rings (SSSR count). The fourth-order valence-electron chi connectivity index (χ4n) is 1.81. The Labute approximate surface area is 116 Å². The minimum Gasteiger partial charge on any atom is -0.338 e. The molecule has 0 saturated heterocycles. The van der Waals surface area contributed by atoms with Gasteiger partial charge in [-0.25, -0.2) is 4.79 Å². The van der Waals surface area contributed by atoms with Crippen molar-refractivity contribution >= 4 is 6.03 Å². The highest BCUT2D eigenvalue weighted by Gasteiger charge is 2.10. The van der Waals surface area contributed by atoms with Gasteiger partial charge in [-0.1, -0.05) is 45.0 Å². The van der Waals surface area contributed by atoms with E-state index in [0.717, 1.165) is 19.4 Å². The van der Waals surface area contributed by atoms with Crippen molar-refractivity contribution < 1.29 is 4.79 Å². The number of carbonyl (C=O) groups excluding carboxylic acids is 1. The molecule has 2 amide bonds. The van der Waals surface area contributed by atoms with E-state index in [9.17, 15) is 4.79 Å². The number of urea groups is 1. The number of benzene rings is 1. The van der Waals surface area contributed by atoms with Gasteiger partial charge < -0.3 is 10.6 Å². The van der Waals surface area contributed by atoms with E-state index in [1.54, 1.807) is 0 Å². The molecule has 0 aliphatic carbocycles. The number of hydrogen-bond acceptors (Lipinski definition) is 1. The second-order valence-electron chi connectivity index (χ2n) is 6.17. The Morgan fingerprint density at radius 2 is 1.74 bits per heavy atom. The average Bonchev–Trinajstić information content (AvgIpc) is 2.30. The zero-order valence-corrected chi connectivity index (χ0v) is 12.5. The highest BCUT2D eigenvalue weighted by molar-refractivity contribution is 5.73. The van der Waals surface area contributed by atoms with E-state index in [1.807, 2.05) is 12.1 Å². The Hall–Kier alpha value is -1.51. The second kappa shape index (κ2) is 7.17. The Balaban J connectivity index is 2.19. The van der Waals surface area contributed by atoms with Gasteiger partial charge in [0.25, 0.3) is 0 Å². The summed E-state index contributed by atoms with van der Waals surface area (Å²) >= 11 is 0. The van der Waals surface area contributed by atoms with Gasteiger partial charge in [-0.15, -0.1) is 0 Å². The average molecular weight is 262 g/mol. The predicted octanol–water partition coefficient (Wildman–Crippen LogP) is 3.27. The highest BCUT2D eigenvalue weighted by Crippen LogP contribution is 2.16. The van der Waals surface area contributed by atoms with Crippen molar-refractivity contribution in [1.29, 1.82) is 0 Å². The van der Waals surface area contributed by atoms with Crippen molar-refractivity contribution in [2.75, 3.05) is 13.1 Å². The molecule has 0 aromatic heterocycles. The van der Waals surface area contributed by atoms with E-state index < -0.39 is 0 Å². The Morgan fingerprint density at radius 1 is 1.11 bits per heavy atom. The molecule has 0 radical (unpaired) electrons. The molecule has 0 atom stereocenters.